The number of unbranched alkanes of at least 4 members (excludes halogenated alkanes) is 1. The maximum Gasteiger partial charge on any atom is 0.328 e. The molecule has 2 aromatic rings. The van der Waals surface area contributed by atoms with Crippen LogP contribution in [-0.4, -0.2) is 58.5 Å². The van der Waals surface area contributed by atoms with E-state index in [0.29, 0.717) is 29.3 Å². The summed E-state index contributed by atoms with van der Waals surface area (Å²) in [5.74, 6) is -0.0156. The van der Waals surface area contributed by atoms with Crippen LogP contribution in [-0.2, 0) is 16.4 Å². The minimum absolute atomic E-state index is 0.00209. The van der Waals surface area contributed by atoms with Crippen molar-refractivity contribution in [3.63, 3.8) is 0 Å². The molecule has 15 heteroatoms. The zero-order chi connectivity index (χ0) is 32.5. The second-order valence-corrected chi connectivity index (χ2v) is 12.2. The summed E-state index contributed by atoms with van der Waals surface area (Å²) >= 11 is 5.96. The Bertz CT molecular complexity index is 1370. The zero-order valence-electron chi connectivity index (χ0n) is 25.1. The number of guanidine groups is 2. The Labute approximate surface area is 264 Å². The Balaban J connectivity index is 0.000000523. The molecular formula is C29H43ClN8O5S. The molecule has 0 radical (unpaired) electrons. The van der Waals surface area contributed by atoms with Gasteiger partial charge in [0.25, 0.3) is 15.9 Å². The van der Waals surface area contributed by atoms with Gasteiger partial charge < -0.3 is 26.4 Å². The normalized spacial score (nSPS) is 13.0. The molecule has 1 aliphatic rings. The minimum atomic E-state index is -3.97. The fourth-order valence-corrected chi connectivity index (χ4v) is 5.41. The number of sulfonamides is 1. The molecule has 3 rings (SSSR count). The van der Waals surface area contributed by atoms with E-state index < -0.39 is 16.1 Å². The van der Waals surface area contributed by atoms with Crippen LogP contribution in [0.2, 0.25) is 5.02 Å². The second kappa shape index (κ2) is 18.6. The summed E-state index contributed by atoms with van der Waals surface area (Å²) in [5.41, 5.74) is 6.16. The summed E-state index contributed by atoms with van der Waals surface area (Å²) in [4.78, 5) is 24.5. The number of halogens is 1. The lowest BCUT2D eigenvalue weighted by atomic mass is 9.96. The largest absolute Gasteiger partial charge is 0.496 e. The molecule has 0 atom stereocenters. The van der Waals surface area contributed by atoms with Crippen LogP contribution in [0.25, 0.3) is 0 Å². The van der Waals surface area contributed by atoms with E-state index in [-0.39, 0.29) is 28.8 Å². The number of amides is 3. The fraction of sp³-hybridized carbons (Fsp3) is 0.448. The molecule has 13 nitrogen and oxygen atoms in total. The lowest BCUT2D eigenvalue weighted by Gasteiger charge is -2.22. The molecule has 0 bridgehead atoms. The predicted octanol–water partition coefficient (Wildman–Crippen LogP) is 3.44. The Morgan fingerprint density at radius 1 is 1.02 bits per heavy atom. The van der Waals surface area contributed by atoms with Crippen molar-refractivity contribution in [1.82, 2.24) is 26.0 Å². The van der Waals surface area contributed by atoms with Gasteiger partial charge in [-0.1, -0.05) is 56.3 Å². The van der Waals surface area contributed by atoms with Crippen molar-refractivity contribution in [1.29, 1.82) is 10.8 Å². The van der Waals surface area contributed by atoms with Crippen molar-refractivity contribution in [2.75, 3.05) is 20.2 Å². The van der Waals surface area contributed by atoms with Crippen LogP contribution < -0.4 is 36.5 Å². The summed E-state index contributed by atoms with van der Waals surface area (Å²) < 4.78 is 32.2. The smallest absolute Gasteiger partial charge is 0.328 e. The number of hydrogen-bond donors (Lipinski definition) is 8. The number of benzene rings is 2. The van der Waals surface area contributed by atoms with Crippen molar-refractivity contribution in [3.8, 4) is 5.75 Å². The average Bonchev–Trinajstić information content (AvgIpc) is 2.97. The van der Waals surface area contributed by atoms with Crippen LogP contribution in [0, 0.1) is 10.8 Å². The second-order valence-electron chi connectivity index (χ2n) is 10.1. The molecule has 1 aliphatic carbocycles. The van der Waals surface area contributed by atoms with E-state index in [1.807, 2.05) is 0 Å². The monoisotopic (exact) mass is 650 g/mol. The standard InChI is InChI=1S/C23H28ClN3O5S.C6H15N5/c1-32-21-12-9-17(24)15-20(21)22(28)25-14-13-16-7-10-19(11-8-16)33(30,31)27-23(29)26-18-5-3-2-4-6-18;1-2-3-4-10-6(9)11-5(7)8/h7-12,15,18H,2-6,13-14H2,1H3,(H,25,28)(H2,26,27,29);2-4H2,1H3,(H6,7,8,9,10,11). The van der Waals surface area contributed by atoms with Crippen LogP contribution in [0.4, 0.5) is 4.79 Å². The summed E-state index contributed by atoms with van der Waals surface area (Å²) in [5, 5.41) is 25.0. The highest BCUT2D eigenvalue weighted by atomic mass is 35.5. The van der Waals surface area contributed by atoms with Crippen molar-refractivity contribution in [2.24, 2.45) is 5.73 Å². The highest BCUT2D eigenvalue weighted by Crippen LogP contribution is 2.22. The third kappa shape index (κ3) is 13.1. The lowest BCUT2D eigenvalue weighted by molar-refractivity contribution is 0.0951. The maximum absolute atomic E-state index is 12.5. The van der Waals surface area contributed by atoms with Crippen LogP contribution in [0.3, 0.4) is 0 Å². The predicted molar refractivity (Wildman–Crippen MR) is 172 cm³/mol. The molecule has 242 valence electrons. The first-order valence-electron chi connectivity index (χ1n) is 14.4. The molecule has 0 saturated heterocycles. The first kappa shape index (κ1) is 36.2. The van der Waals surface area contributed by atoms with Crippen LogP contribution in [0.5, 0.6) is 5.75 Å². The molecule has 9 N–H and O–H groups in total. The molecular weight excluding hydrogens is 608 g/mol. The number of carbonyl (C=O) groups excluding carboxylic acids is 2. The number of urea groups is 1. The average molecular weight is 651 g/mol. The van der Waals surface area contributed by atoms with Crippen LogP contribution >= 0.6 is 11.6 Å². The Hall–Kier alpha value is -4.04. The third-order valence-corrected chi connectivity index (χ3v) is 8.18. The van der Waals surface area contributed by atoms with E-state index in [4.69, 9.17) is 32.9 Å². The number of methoxy groups -OCH3 is 1. The highest BCUT2D eigenvalue weighted by Gasteiger charge is 2.21. The van der Waals surface area contributed by atoms with Crippen molar-refractivity contribution in [3.05, 3.63) is 58.6 Å². The number of ether oxygens (including phenoxy) is 1. The zero-order valence-corrected chi connectivity index (χ0v) is 26.7. The van der Waals surface area contributed by atoms with Gasteiger partial charge in [0, 0.05) is 24.2 Å². The van der Waals surface area contributed by atoms with Gasteiger partial charge in [0.05, 0.1) is 17.6 Å². The molecule has 0 unspecified atom stereocenters. The van der Waals surface area contributed by atoms with Gasteiger partial charge in [0.15, 0.2) is 11.9 Å². The van der Waals surface area contributed by atoms with Gasteiger partial charge >= 0.3 is 6.03 Å². The maximum atomic E-state index is 12.5. The molecule has 2 aromatic carbocycles. The first-order chi connectivity index (χ1) is 20.9. The SMILES string of the molecule is CCCCNC(=N)NC(=N)N.COc1ccc(Cl)cc1C(=O)NCCc1ccc(S(=O)(=O)NC(=O)NC2CCCCC2)cc1. The number of hydrogen-bond acceptors (Lipinski definition) is 7. The molecule has 44 heavy (non-hydrogen) atoms. The number of rotatable bonds is 11. The third-order valence-electron chi connectivity index (χ3n) is 6.60. The quantitative estimate of drug-likeness (QED) is 0.102. The Kier molecular flexibility index (Phi) is 15.3. The number of nitrogens with two attached hydrogens (primary N) is 1. The van der Waals surface area contributed by atoms with Gasteiger partial charge in [-0.3, -0.25) is 20.9 Å². The van der Waals surface area contributed by atoms with E-state index in [1.165, 1.54) is 25.3 Å². The van der Waals surface area contributed by atoms with Gasteiger partial charge in [0.1, 0.15) is 5.75 Å². The molecule has 0 aliphatic heterocycles. The summed E-state index contributed by atoms with van der Waals surface area (Å²) in [6.07, 6.45) is 7.53. The Morgan fingerprint density at radius 3 is 2.32 bits per heavy atom. The topological polar surface area (TPSA) is 211 Å². The first-order valence-corrected chi connectivity index (χ1v) is 16.3. The van der Waals surface area contributed by atoms with Crippen molar-refractivity contribution >= 4 is 45.5 Å². The molecule has 0 spiro atoms. The lowest BCUT2D eigenvalue weighted by Crippen LogP contribution is -2.45. The summed E-state index contributed by atoms with van der Waals surface area (Å²) in [7, 11) is -2.49. The minimum Gasteiger partial charge on any atom is -0.496 e. The van der Waals surface area contributed by atoms with E-state index in [9.17, 15) is 18.0 Å². The van der Waals surface area contributed by atoms with Crippen molar-refractivity contribution < 1.29 is 22.7 Å². The summed E-state index contributed by atoms with van der Waals surface area (Å²) in [6.45, 7) is 3.15. The van der Waals surface area contributed by atoms with E-state index in [1.54, 1.807) is 24.3 Å². The van der Waals surface area contributed by atoms with Crippen LogP contribution in [0.1, 0.15) is 67.8 Å². The summed E-state index contributed by atoms with van der Waals surface area (Å²) in [6, 6.07) is 10.3. The molecule has 1 fully saturated rings. The molecule has 0 aromatic heterocycles. The molecule has 1 saturated carbocycles. The van der Waals surface area contributed by atoms with Gasteiger partial charge in [-0.05, 0) is 61.6 Å². The van der Waals surface area contributed by atoms with Crippen LogP contribution in [0.15, 0.2) is 47.4 Å². The van der Waals surface area contributed by atoms with E-state index in [0.717, 1.165) is 57.1 Å². The Morgan fingerprint density at radius 2 is 1.70 bits per heavy atom. The van der Waals surface area contributed by atoms with Gasteiger partial charge in [-0.2, -0.15) is 0 Å². The van der Waals surface area contributed by atoms with Crippen molar-refractivity contribution in [2.45, 2.75) is 69.2 Å². The highest BCUT2D eigenvalue weighted by molar-refractivity contribution is 7.90. The number of carbonyl (C=O) groups is 2. The van der Waals surface area contributed by atoms with E-state index in [2.05, 4.69) is 32.9 Å². The van der Waals surface area contributed by atoms with Gasteiger partial charge in [0.2, 0.25) is 0 Å². The van der Waals surface area contributed by atoms with Gasteiger partial charge in [-0.25, -0.2) is 17.9 Å². The number of nitrogens with one attached hydrogen (secondary N) is 7. The molecule has 0 heterocycles. The molecule has 3 amide bonds. The van der Waals surface area contributed by atoms with Gasteiger partial charge in [-0.15, -0.1) is 0 Å². The van der Waals surface area contributed by atoms with E-state index >= 15 is 0 Å². The fourth-order valence-electron chi connectivity index (χ4n) is 4.32.